The molecule has 1 aliphatic rings. The molecule has 0 aliphatic heterocycles. The summed E-state index contributed by atoms with van der Waals surface area (Å²) in [5.74, 6) is 0.0236. The van der Waals surface area contributed by atoms with E-state index in [2.05, 4.69) is 6.92 Å². The molecule has 1 saturated carbocycles. The smallest absolute Gasteiger partial charge is 0.239 e. The van der Waals surface area contributed by atoms with Crippen LogP contribution >= 0.6 is 12.2 Å². The number of nitrogens with zero attached hydrogens (tertiary/aromatic N) is 1. The monoisotopic (exact) mass is 276 g/mol. The molecule has 0 radical (unpaired) electrons. The van der Waals surface area contributed by atoms with Crippen molar-refractivity contribution < 1.29 is 4.79 Å². The lowest BCUT2D eigenvalue weighted by molar-refractivity contribution is -0.127. The number of amides is 1. The van der Waals surface area contributed by atoms with Gasteiger partial charge in [-0.2, -0.15) is 0 Å². The Kier molecular flexibility index (Phi) is 3.90. The number of benzene rings is 1. The number of rotatable bonds is 4. The predicted molar refractivity (Wildman–Crippen MR) is 82.3 cm³/mol. The standard InChI is InChI=1S/C15H20N2OS/c1-3-11-5-7-12(8-6-11)17(2)14(18)15(13(16)19)9-4-10-15/h5-8H,3-4,9-10H2,1-2H3,(H2,16,19). The fourth-order valence-electron chi connectivity index (χ4n) is 2.49. The Bertz CT molecular complexity index is 491. The minimum absolute atomic E-state index is 0.0236. The summed E-state index contributed by atoms with van der Waals surface area (Å²) in [4.78, 5) is 14.6. The number of carbonyl (C=O) groups is 1. The molecule has 0 bridgehead atoms. The highest BCUT2D eigenvalue weighted by Crippen LogP contribution is 2.43. The Balaban J connectivity index is 2.20. The number of hydrogen-bond donors (Lipinski definition) is 1. The molecule has 2 N–H and O–H groups in total. The molecule has 0 heterocycles. The Morgan fingerprint density at radius 3 is 2.32 bits per heavy atom. The van der Waals surface area contributed by atoms with Crippen LogP contribution in [0.4, 0.5) is 5.69 Å². The number of thiocarbonyl (C=S) groups is 1. The zero-order valence-electron chi connectivity index (χ0n) is 11.5. The van der Waals surface area contributed by atoms with Crippen LogP contribution in [-0.4, -0.2) is 17.9 Å². The summed E-state index contributed by atoms with van der Waals surface area (Å²) in [6.45, 7) is 2.11. The first-order valence-corrected chi connectivity index (χ1v) is 7.09. The third-order valence-electron chi connectivity index (χ3n) is 4.12. The SMILES string of the molecule is CCc1ccc(N(C)C(=O)C2(C(N)=S)CCC2)cc1. The largest absolute Gasteiger partial charge is 0.392 e. The Morgan fingerprint density at radius 1 is 1.37 bits per heavy atom. The highest BCUT2D eigenvalue weighted by atomic mass is 32.1. The van der Waals surface area contributed by atoms with E-state index in [0.29, 0.717) is 4.99 Å². The van der Waals surface area contributed by atoms with Gasteiger partial charge in [0.1, 0.15) is 0 Å². The quantitative estimate of drug-likeness (QED) is 0.860. The molecular weight excluding hydrogens is 256 g/mol. The molecule has 0 aromatic heterocycles. The van der Waals surface area contributed by atoms with E-state index >= 15 is 0 Å². The first-order valence-electron chi connectivity index (χ1n) is 6.68. The average Bonchev–Trinajstić information content (AvgIpc) is 2.36. The second-order valence-corrected chi connectivity index (χ2v) is 5.62. The van der Waals surface area contributed by atoms with Crippen LogP contribution in [0.3, 0.4) is 0 Å². The third kappa shape index (κ3) is 2.37. The molecule has 4 heteroatoms. The van der Waals surface area contributed by atoms with Gasteiger partial charge in [0.25, 0.3) is 0 Å². The van der Waals surface area contributed by atoms with Gasteiger partial charge in [0, 0.05) is 12.7 Å². The van der Waals surface area contributed by atoms with Gasteiger partial charge in [-0.25, -0.2) is 0 Å². The van der Waals surface area contributed by atoms with Crippen LogP contribution in [0.1, 0.15) is 31.7 Å². The molecule has 1 fully saturated rings. The van der Waals surface area contributed by atoms with Crippen LogP contribution in [0.25, 0.3) is 0 Å². The van der Waals surface area contributed by atoms with Crippen molar-refractivity contribution in [1.82, 2.24) is 0 Å². The fraction of sp³-hybridized carbons (Fsp3) is 0.467. The number of nitrogens with two attached hydrogens (primary N) is 1. The lowest BCUT2D eigenvalue weighted by Crippen LogP contribution is -2.53. The molecule has 1 aliphatic carbocycles. The van der Waals surface area contributed by atoms with E-state index in [9.17, 15) is 4.79 Å². The van der Waals surface area contributed by atoms with Gasteiger partial charge in [0.2, 0.25) is 5.91 Å². The summed E-state index contributed by atoms with van der Waals surface area (Å²) in [5.41, 5.74) is 7.33. The van der Waals surface area contributed by atoms with Crippen LogP contribution in [0.5, 0.6) is 0 Å². The average molecular weight is 276 g/mol. The number of carbonyl (C=O) groups excluding carboxylic acids is 1. The molecule has 0 unspecified atom stereocenters. The summed E-state index contributed by atoms with van der Waals surface area (Å²) in [6, 6.07) is 8.05. The van der Waals surface area contributed by atoms with Gasteiger partial charge in [-0.15, -0.1) is 0 Å². The van der Waals surface area contributed by atoms with E-state index in [1.807, 2.05) is 24.3 Å². The van der Waals surface area contributed by atoms with Crippen molar-refractivity contribution in [3.05, 3.63) is 29.8 Å². The lowest BCUT2D eigenvalue weighted by Gasteiger charge is -2.41. The van der Waals surface area contributed by atoms with Crippen molar-refractivity contribution in [2.45, 2.75) is 32.6 Å². The minimum Gasteiger partial charge on any atom is -0.392 e. The molecule has 102 valence electrons. The maximum absolute atomic E-state index is 12.6. The minimum atomic E-state index is -0.604. The third-order valence-corrected chi connectivity index (χ3v) is 4.52. The Morgan fingerprint density at radius 2 is 1.95 bits per heavy atom. The highest BCUT2D eigenvalue weighted by molar-refractivity contribution is 7.80. The van der Waals surface area contributed by atoms with E-state index in [1.54, 1.807) is 11.9 Å². The van der Waals surface area contributed by atoms with Crippen molar-refractivity contribution in [1.29, 1.82) is 0 Å². The molecule has 1 aromatic carbocycles. The predicted octanol–water partition coefficient (Wildman–Crippen LogP) is 2.67. The van der Waals surface area contributed by atoms with Gasteiger partial charge < -0.3 is 10.6 Å². The molecular formula is C15H20N2OS. The second-order valence-electron chi connectivity index (χ2n) is 5.18. The highest BCUT2D eigenvalue weighted by Gasteiger charge is 2.48. The van der Waals surface area contributed by atoms with Gasteiger partial charge in [-0.3, -0.25) is 4.79 Å². The van der Waals surface area contributed by atoms with Crippen LogP contribution in [0.15, 0.2) is 24.3 Å². The molecule has 3 nitrogen and oxygen atoms in total. The molecule has 1 amide bonds. The topological polar surface area (TPSA) is 46.3 Å². The summed E-state index contributed by atoms with van der Waals surface area (Å²) in [6.07, 6.45) is 3.57. The van der Waals surface area contributed by atoms with Crippen molar-refractivity contribution in [3.63, 3.8) is 0 Å². The number of aryl methyl sites for hydroxylation is 1. The van der Waals surface area contributed by atoms with Crippen molar-refractivity contribution >= 4 is 28.8 Å². The lowest BCUT2D eigenvalue weighted by atomic mass is 9.67. The first-order chi connectivity index (χ1) is 9.01. The maximum Gasteiger partial charge on any atom is 0.239 e. The molecule has 0 atom stereocenters. The van der Waals surface area contributed by atoms with Gasteiger partial charge in [0.05, 0.1) is 10.4 Å². The second kappa shape index (κ2) is 5.29. The van der Waals surface area contributed by atoms with Gasteiger partial charge in [-0.05, 0) is 37.0 Å². The van der Waals surface area contributed by atoms with Gasteiger partial charge in [-0.1, -0.05) is 37.7 Å². The van der Waals surface area contributed by atoms with Crippen LogP contribution < -0.4 is 10.6 Å². The van der Waals surface area contributed by atoms with Crippen LogP contribution in [0, 0.1) is 5.41 Å². The molecule has 2 rings (SSSR count). The van der Waals surface area contributed by atoms with E-state index < -0.39 is 5.41 Å². The molecule has 1 aromatic rings. The summed E-state index contributed by atoms with van der Waals surface area (Å²) >= 11 is 5.10. The Hall–Kier alpha value is -1.42. The first kappa shape index (κ1) is 14.0. The summed E-state index contributed by atoms with van der Waals surface area (Å²) in [5, 5.41) is 0. The molecule has 0 saturated heterocycles. The van der Waals surface area contributed by atoms with Crippen LogP contribution in [0.2, 0.25) is 0 Å². The van der Waals surface area contributed by atoms with Gasteiger partial charge in [0.15, 0.2) is 0 Å². The summed E-state index contributed by atoms with van der Waals surface area (Å²) in [7, 11) is 1.79. The molecule has 0 spiro atoms. The number of anilines is 1. The zero-order chi connectivity index (χ0) is 14.0. The van der Waals surface area contributed by atoms with Crippen molar-refractivity contribution in [2.75, 3.05) is 11.9 Å². The van der Waals surface area contributed by atoms with Crippen molar-refractivity contribution in [3.8, 4) is 0 Å². The van der Waals surface area contributed by atoms with Gasteiger partial charge >= 0.3 is 0 Å². The fourth-order valence-corrected chi connectivity index (χ4v) is 2.78. The molecule has 19 heavy (non-hydrogen) atoms. The van der Waals surface area contributed by atoms with E-state index in [1.165, 1.54) is 5.56 Å². The van der Waals surface area contributed by atoms with E-state index in [0.717, 1.165) is 31.4 Å². The zero-order valence-corrected chi connectivity index (χ0v) is 12.3. The van der Waals surface area contributed by atoms with Crippen LogP contribution in [-0.2, 0) is 11.2 Å². The normalized spacial score (nSPS) is 16.5. The maximum atomic E-state index is 12.6. The number of hydrogen-bond acceptors (Lipinski definition) is 2. The van der Waals surface area contributed by atoms with E-state index in [-0.39, 0.29) is 5.91 Å². The summed E-state index contributed by atoms with van der Waals surface area (Å²) < 4.78 is 0. The van der Waals surface area contributed by atoms with E-state index in [4.69, 9.17) is 18.0 Å². The Labute approximate surface area is 119 Å². The van der Waals surface area contributed by atoms with Crippen molar-refractivity contribution in [2.24, 2.45) is 11.1 Å².